The van der Waals surface area contributed by atoms with E-state index in [0.717, 1.165) is 32.0 Å². The van der Waals surface area contributed by atoms with Gasteiger partial charge in [-0.3, -0.25) is 0 Å². The first kappa shape index (κ1) is 17.5. The second-order valence-electron chi connectivity index (χ2n) is 6.17. The molecule has 1 aliphatic rings. The molecule has 0 aliphatic heterocycles. The number of rotatable bonds is 9. The van der Waals surface area contributed by atoms with Gasteiger partial charge in [-0.15, -0.1) is 0 Å². The van der Waals surface area contributed by atoms with Crippen molar-refractivity contribution in [2.75, 3.05) is 13.2 Å². The minimum atomic E-state index is -0.0403. The number of hydrogen-bond donors (Lipinski definition) is 0. The van der Waals surface area contributed by atoms with Gasteiger partial charge in [-0.1, -0.05) is 37.6 Å². The summed E-state index contributed by atoms with van der Waals surface area (Å²) in [6.07, 6.45) is 11.4. The lowest BCUT2D eigenvalue weighted by Crippen LogP contribution is -2.19. The Kier molecular flexibility index (Phi) is 7.53. The molecule has 2 nitrogen and oxygen atoms in total. The van der Waals surface area contributed by atoms with Crippen molar-refractivity contribution in [3.63, 3.8) is 0 Å². The molecule has 0 radical (unpaired) electrons. The largest absolute Gasteiger partial charge is 0.353 e. The Morgan fingerprint density at radius 2 is 1.90 bits per heavy atom. The van der Waals surface area contributed by atoms with E-state index < -0.39 is 0 Å². The van der Waals surface area contributed by atoms with Crippen molar-refractivity contribution >= 4 is 0 Å². The highest BCUT2D eigenvalue weighted by atomic mass is 16.7. The zero-order valence-corrected chi connectivity index (χ0v) is 13.9. The molecule has 0 N–H and O–H groups in total. The van der Waals surface area contributed by atoms with Crippen LogP contribution in [-0.2, 0) is 9.47 Å². The fourth-order valence-corrected chi connectivity index (χ4v) is 2.79. The quantitative estimate of drug-likeness (QED) is 0.432. The lowest BCUT2D eigenvalue weighted by atomic mass is 9.76. The van der Waals surface area contributed by atoms with Crippen molar-refractivity contribution in [3.8, 4) is 0 Å². The first-order valence-electron chi connectivity index (χ1n) is 8.07. The molecule has 0 bridgehead atoms. The van der Waals surface area contributed by atoms with Crippen molar-refractivity contribution in [1.29, 1.82) is 0 Å². The third kappa shape index (κ3) is 5.06. The fraction of sp³-hybridized carbons (Fsp3) is 0.778. The van der Waals surface area contributed by atoms with Gasteiger partial charge in [0, 0.05) is 19.6 Å². The smallest absolute Gasteiger partial charge is 0.157 e. The topological polar surface area (TPSA) is 18.5 Å². The number of allylic oxidation sites excluding steroid dienone is 4. The Balaban J connectivity index is 2.25. The van der Waals surface area contributed by atoms with Gasteiger partial charge in [-0.05, 0) is 51.4 Å². The summed E-state index contributed by atoms with van der Waals surface area (Å²) in [5.74, 6) is 0.758. The second-order valence-corrected chi connectivity index (χ2v) is 6.17. The minimum Gasteiger partial charge on any atom is -0.353 e. The molecule has 0 aromatic rings. The normalized spacial score (nSPS) is 21.9. The van der Waals surface area contributed by atoms with Crippen LogP contribution in [0.3, 0.4) is 0 Å². The summed E-state index contributed by atoms with van der Waals surface area (Å²) in [4.78, 5) is 0. The van der Waals surface area contributed by atoms with Gasteiger partial charge in [0.25, 0.3) is 0 Å². The summed E-state index contributed by atoms with van der Waals surface area (Å²) in [7, 11) is 0. The van der Waals surface area contributed by atoms with Crippen molar-refractivity contribution in [1.82, 2.24) is 0 Å². The van der Waals surface area contributed by atoms with E-state index >= 15 is 0 Å². The molecule has 1 aliphatic carbocycles. The van der Waals surface area contributed by atoms with Crippen LogP contribution in [-0.4, -0.2) is 19.5 Å². The van der Waals surface area contributed by atoms with E-state index in [0.29, 0.717) is 5.41 Å². The number of ether oxygens (including phenoxy) is 2. The van der Waals surface area contributed by atoms with Crippen LogP contribution in [0.15, 0.2) is 23.8 Å². The molecule has 116 valence electrons. The summed E-state index contributed by atoms with van der Waals surface area (Å²) >= 11 is 0. The van der Waals surface area contributed by atoms with Gasteiger partial charge in [-0.2, -0.15) is 0 Å². The molecule has 0 aromatic carbocycles. The highest BCUT2D eigenvalue weighted by Gasteiger charge is 2.33. The molecule has 0 amide bonds. The lowest BCUT2D eigenvalue weighted by Gasteiger charge is -2.28. The van der Waals surface area contributed by atoms with E-state index in [1.54, 1.807) is 5.57 Å². The lowest BCUT2D eigenvalue weighted by molar-refractivity contribution is -0.138. The first-order valence-corrected chi connectivity index (χ1v) is 8.07. The van der Waals surface area contributed by atoms with E-state index in [1.807, 2.05) is 13.8 Å². The molecular weight excluding hydrogens is 248 g/mol. The van der Waals surface area contributed by atoms with Gasteiger partial charge in [-0.25, -0.2) is 0 Å². The maximum atomic E-state index is 5.55. The van der Waals surface area contributed by atoms with E-state index in [4.69, 9.17) is 9.47 Å². The van der Waals surface area contributed by atoms with Gasteiger partial charge < -0.3 is 9.47 Å². The third-order valence-corrected chi connectivity index (χ3v) is 4.61. The summed E-state index contributed by atoms with van der Waals surface area (Å²) in [5.41, 5.74) is 1.91. The molecule has 0 saturated carbocycles. The van der Waals surface area contributed by atoms with Crippen LogP contribution >= 0.6 is 0 Å². The zero-order chi connectivity index (χ0) is 15.0. The van der Waals surface area contributed by atoms with Crippen LogP contribution in [0, 0.1) is 11.3 Å². The van der Waals surface area contributed by atoms with Crippen LogP contribution in [0.2, 0.25) is 0 Å². The van der Waals surface area contributed by atoms with E-state index in [9.17, 15) is 0 Å². The molecule has 1 unspecified atom stereocenters. The van der Waals surface area contributed by atoms with Crippen LogP contribution in [0.1, 0.15) is 60.3 Å². The van der Waals surface area contributed by atoms with Crippen molar-refractivity contribution in [2.45, 2.75) is 66.6 Å². The average Bonchev–Trinajstić information content (AvgIpc) is 2.65. The summed E-state index contributed by atoms with van der Waals surface area (Å²) in [5, 5.41) is 0. The van der Waals surface area contributed by atoms with Gasteiger partial charge in [0.05, 0.1) is 0 Å². The standard InChI is InChI=1S/C18H32O2/c1-6-19-17(20-7-2)12-10-8-9-11-16-14-13-15(3)18(16,4)5/h8-9,13,16-17H,6-7,10-12,14H2,1-5H3/b9-8-. The van der Waals surface area contributed by atoms with E-state index in [-0.39, 0.29) is 6.29 Å². The van der Waals surface area contributed by atoms with Gasteiger partial charge in [0.15, 0.2) is 6.29 Å². The van der Waals surface area contributed by atoms with E-state index in [1.165, 1.54) is 12.8 Å². The first-order chi connectivity index (χ1) is 9.52. The molecule has 2 heteroatoms. The predicted octanol–water partition coefficient (Wildman–Crippen LogP) is 5.10. The SMILES string of the molecule is CCOC(CC/C=C\CC1CC=C(C)C1(C)C)OCC. The summed E-state index contributed by atoms with van der Waals surface area (Å²) in [6, 6.07) is 0. The third-order valence-electron chi connectivity index (χ3n) is 4.61. The molecule has 0 aromatic heterocycles. The molecule has 0 saturated heterocycles. The zero-order valence-electron chi connectivity index (χ0n) is 13.9. The highest BCUT2D eigenvalue weighted by molar-refractivity contribution is 5.18. The molecule has 20 heavy (non-hydrogen) atoms. The van der Waals surface area contributed by atoms with Gasteiger partial charge >= 0.3 is 0 Å². The van der Waals surface area contributed by atoms with Crippen molar-refractivity contribution in [3.05, 3.63) is 23.8 Å². The van der Waals surface area contributed by atoms with Crippen LogP contribution in [0.4, 0.5) is 0 Å². The molecule has 1 atom stereocenters. The monoisotopic (exact) mass is 280 g/mol. The Morgan fingerprint density at radius 3 is 2.40 bits per heavy atom. The molecular formula is C18H32O2. The summed E-state index contributed by atoms with van der Waals surface area (Å²) < 4.78 is 11.1. The Bertz CT molecular complexity index is 322. The molecule has 0 fully saturated rings. The predicted molar refractivity (Wildman–Crippen MR) is 85.7 cm³/mol. The summed E-state index contributed by atoms with van der Waals surface area (Å²) in [6.45, 7) is 12.5. The van der Waals surface area contributed by atoms with Crippen LogP contribution < -0.4 is 0 Å². The van der Waals surface area contributed by atoms with Gasteiger partial charge in [0.1, 0.15) is 0 Å². The molecule has 1 rings (SSSR count). The Labute approximate surface area is 125 Å². The Morgan fingerprint density at radius 1 is 1.25 bits per heavy atom. The number of hydrogen-bond acceptors (Lipinski definition) is 2. The highest BCUT2D eigenvalue weighted by Crippen LogP contribution is 2.44. The van der Waals surface area contributed by atoms with Crippen LogP contribution in [0.5, 0.6) is 0 Å². The van der Waals surface area contributed by atoms with Gasteiger partial charge in [0.2, 0.25) is 0 Å². The Hall–Kier alpha value is -0.600. The molecule has 0 spiro atoms. The minimum absolute atomic E-state index is 0.0403. The van der Waals surface area contributed by atoms with Crippen molar-refractivity contribution in [2.24, 2.45) is 11.3 Å². The molecule has 0 heterocycles. The second kappa shape index (κ2) is 8.63. The fourth-order valence-electron chi connectivity index (χ4n) is 2.79. The maximum absolute atomic E-state index is 5.55. The van der Waals surface area contributed by atoms with Crippen molar-refractivity contribution < 1.29 is 9.47 Å². The van der Waals surface area contributed by atoms with E-state index in [2.05, 4.69) is 39.0 Å². The van der Waals surface area contributed by atoms with Crippen LogP contribution in [0.25, 0.3) is 0 Å². The maximum Gasteiger partial charge on any atom is 0.157 e. The average molecular weight is 280 g/mol.